The SMILES string of the molecule is CCCN(CCC)c1cc(C(=O)NCc2ccc(F)cc2)nc(C)n1. The van der Waals surface area contributed by atoms with E-state index in [0.717, 1.165) is 37.3 Å². The van der Waals surface area contributed by atoms with Crippen LogP contribution in [-0.4, -0.2) is 29.0 Å². The van der Waals surface area contributed by atoms with Crippen LogP contribution in [0.1, 0.15) is 48.6 Å². The van der Waals surface area contributed by atoms with E-state index in [1.165, 1.54) is 12.1 Å². The Kier molecular flexibility index (Phi) is 6.86. The number of nitrogens with zero attached hydrogens (tertiary/aromatic N) is 3. The molecule has 1 N–H and O–H groups in total. The number of aromatic nitrogens is 2. The van der Waals surface area contributed by atoms with Crippen molar-refractivity contribution in [2.45, 2.75) is 40.2 Å². The van der Waals surface area contributed by atoms with E-state index in [1.807, 2.05) is 0 Å². The normalized spacial score (nSPS) is 10.6. The van der Waals surface area contributed by atoms with Crippen LogP contribution in [0.2, 0.25) is 0 Å². The molecule has 2 rings (SSSR count). The number of halogens is 1. The summed E-state index contributed by atoms with van der Waals surface area (Å²) in [6.07, 6.45) is 2.02. The molecule has 0 saturated carbocycles. The Labute approximate surface area is 148 Å². The molecule has 134 valence electrons. The van der Waals surface area contributed by atoms with Crippen LogP contribution in [0.4, 0.5) is 10.2 Å². The fraction of sp³-hybridized carbons (Fsp3) is 0.421. The second kappa shape index (κ2) is 9.11. The van der Waals surface area contributed by atoms with Crippen molar-refractivity contribution in [3.63, 3.8) is 0 Å². The summed E-state index contributed by atoms with van der Waals surface area (Å²) in [6, 6.07) is 7.79. The topological polar surface area (TPSA) is 58.1 Å². The van der Waals surface area contributed by atoms with Crippen molar-refractivity contribution < 1.29 is 9.18 Å². The minimum Gasteiger partial charge on any atom is -0.357 e. The first kappa shape index (κ1) is 18.8. The second-order valence-corrected chi connectivity index (χ2v) is 5.95. The first-order chi connectivity index (χ1) is 12.0. The smallest absolute Gasteiger partial charge is 0.270 e. The van der Waals surface area contributed by atoms with Crippen molar-refractivity contribution in [3.05, 3.63) is 53.2 Å². The maximum absolute atomic E-state index is 12.9. The molecule has 0 atom stereocenters. The summed E-state index contributed by atoms with van der Waals surface area (Å²) >= 11 is 0. The zero-order chi connectivity index (χ0) is 18.2. The van der Waals surface area contributed by atoms with Crippen molar-refractivity contribution in [2.24, 2.45) is 0 Å². The minimum atomic E-state index is -0.293. The monoisotopic (exact) mass is 344 g/mol. The van der Waals surface area contributed by atoms with E-state index in [9.17, 15) is 9.18 Å². The molecule has 0 radical (unpaired) electrons. The summed E-state index contributed by atoms with van der Waals surface area (Å²) in [5.74, 6) is 0.798. The minimum absolute atomic E-state index is 0.260. The maximum Gasteiger partial charge on any atom is 0.270 e. The van der Waals surface area contributed by atoms with Gasteiger partial charge in [0.15, 0.2) is 0 Å². The quantitative estimate of drug-likeness (QED) is 0.796. The molecule has 0 aliphatic carbocycles. The van der Waals surface area contributed by atoms with Gasteiger partial charge in [-0.15, -0.1) is 0 Å². The van der Waals surface area contributed by atoms with Crippen LogP contribution in [0, 0.1) is 12.7 Å². The van der Waals surface area contributed by atoms with Gasteiger partial charge >= 0.3 is 0 Å². The van der Waals surface area contributed by atoms with Crippen LogP contribution in [0.3, 0.4) is 0 Å². The lowest BCUT2D eigenvalue weighted by Crippen LogP contribution is -2.28. The van der Waals surface area contributed by atoms with Crippen LogP contribution >= 0.6 is 0 Å². The number of benzene rings is 1. The summed E-state index contributed by atoms with van der Waals surface area (Å²) in [5, 5.41) is 2.82. The molecule has 5 nitrogen and oxygen atoms in total. The van der Waals surface area contributed by atoms with Crippen LogP contribution in [0.15, 0.2) is 30.3 Å². The molecule has 25 heavy (non-hydrogen) atoms. The highest BCUT2D eigenvalue weighted by Gasteiger charge is 2.14. The van der Waals surface area contributed by atoms with E-state index >= 15 is 0 Å². The molecule has 6 heteroatoms. The molecular weight excluding hydrogens is 319 g/mol. The van der Waals surface area contributed by atoms with Gasteiger partial charge in [0.25, 0.3) is 5.91 Å². The highest BCUT2D eigenvalue weighted by atomic mass is 19.1. The van der Waals surface area contributed by atoms with Gasteiger partial charge in [0, 0.05) is 25.7 Å². The van der Waals surface area contributed by atoms with E-state index in [1.54, 1.807) is 25.1 Å². The van der Waals surface area contributed by atoms with Gasteiger partial charge < -0.3 is 10.2 Å². The lowest BCUT2D eigenvalue weighted by atomic mass is 10.2. The fourth-order valence-electron chi connectivity index (χ4n) is 2.59. The lowest BCUT2D eigenvalue weighted by molar-refractivity contribution is 0.0945. The van der Waals surface area contributed by atoms with E-state index in [4.69, 9.17) is 0 Å². The number of aryl methyl sites for hydroxylation is 1. The van der Waals surface area contributed by atoms with Crippen molar-refractivity contribution in [1.29, 1.82) is 0 Å². The molecule has 0 saturated heterocycles. The predicted octanol–water partition coefficient (Wildman–Crippen LogP) is 3.48. The molecule has 0 aliphatic heterocycles. The van der Waals surface area contributed by atoms with Gasteiger partial charge in [0.1, 0.15) is 23.2 Å². The van der Waals surface area contributed by atoms with Crippen molar-refractivity contribution in [2.75, 3.05) is 18.0 Å². The number of carbonyl (C=O) groups is 1. The molecule has 0 bridgehead atoms. The standard InChI is InChI=1S/C19H25FN4O/c1-4-10-24(11-5-2)18-12-17(22-14(3)23-18)19(25)21-13-15-6-8-16(20)9-7-15/h6-9,12H,4-5,10-11,13H2,1-3H3,(H,21,25). The summed E-state index contributed by atoms with van der Waals surface area (Å²) in [6.45, 7) is 8.13. The molecule has 0 aliphatic rings. The van der Waals surface area contributed by atoms with Gasteiger partial charge in [-0.2, -0.15) is 0 Å². The van der Waals surface area contributed by atoms with Crippen LogP contribution in [0.25, 0.3) is 0 Å². The van der Waals surface area contributed by atoms with Gasteiger partial charge in [-0.1, -0.05) is 26.0 Å². The number of nitrogens with one attached hydrogen (secondary N) is 1. The zero-order valence-electron chi connectivity index (χ0n) is 15.1. The largest absolute Gasteiger partial charge is 0.357 e. The number of hydrogen-bond acceptors (Lipinski definition) is 4. The second-order valence-electron chi connectivity index (χ2n) is 5.95. The van der Waals surface area contributed by atoms with Gasteiger partial charge in [-0.25, -0.2) is 14.4 Å². The number of anilines is 1. The summed E-state index contributed by atoms with van der Waals surface area (Å²) in [7, 11) is 0. The number of carbonyl (C=O) groups excluding carboxylic acids is 1. The summed E-state index contributed by atoms with van der Waals surface area (Å²) in [5.41, 5.74) is 1.18. The van der Waals surface area contributed by atoms with E-state index in [2.05, 4.69) is 34.0 Å². The Bertz CT molecular complexity index is 697. The Morgan fingerprint density at radius 1 is 1.12 bits per heavy atom. The molecule has 0 fully saturated rings. The average molecular weight is 344 g/mol. The molecule has 1 aromatic heterocycles. The van der Waals surface area contributed by atoms with Gasteiger partial charge in [-0.3, -0.25) is 4.79 Å². The third kappa shape index (κ3) is 5.52. The molecule has 0 unspecified atom stereocenters. The molecule has 1 aromatic carbocycles. The Morgan fingerprint density at radius 2 is 1.76 bits per heavy atom. The Hall–Kier alpha value is -2.50. The summed E-state index contributed by atoms with van der Waals surface area (Å²) < 4.78 is 12.9. The third-order valence-electron chi connectivity index (χ3n) is 3.73. The van der Waals surface area contributed by atoms with Crippen LogP contribution in [-0.2, 0) is 6.54 Å². The van der Waals surface area contributed by atoms with Crippen molar-refractivity contribution >= 4 is 11.7 Å². The number of rotatable bonds is 8. The molecular formula is C19H25FN4O. The van der Waals surface area contributed by atoms with Crippen LogP contribution in [0.5, 0.6) is 0 Å². The molecule has 2 aromatic rings. The third-order valence-corrected chi connectivity index (χ3v) is 3.73. The highest BCUT2D eigenvalue weighted by Crippen LogP contribution is 2.14. The first-order valence-electron chi connectivity index (χ1n) is 8.66. The zero-order valence-corrected chi connectivity index (χ0v) is 15.1. The first-order valence-corrected chi connectivity index (χ1v) is 8.66. The van der Waals surface area contributed by atoms with E-state index in [0.29, 0.717) is 18.1 Å². The fourth-order valence-corrected chi connectivity index (χ4v) is 2.59. The van der Waals surface area contributed by atoms with Crippen LogP contribution < -0.4 is 10.2 Å². The lowest BCUT2D eigenvalue weighted by Gasteiger charge is -2.23. The number of hydrogen-bond donors (Lipinski definition) is 1. The van der Waals surface area contributed by atoms with Crippen molar-refractivity contribution in [1.82, 2.24) is 15.3 Å². The van der Waals surface area contributed by atoms with E-state index < -0.39 is 0 Å². The molecule has 0 spiro atoms. The summed E-state index contributed by atoms with van der Waals surface area (Å²) in [4.78, 5) is 23.3. The van der Waals surface area contributed by atoms with Gasteiger partial charge in [0.05, 0.1) is 0 Å². The Morgan fingerprint density at radius 3 is 2.36 bits per heavy atom. The van der Waals surface area contributed by atoms with Crippen molar-refractivity contribution in [3.8, 4) is 0 Å². The maximum atomic E-state index is 12.9. The highest BCUT2D eigenvalue weighted by molar-refractivity contribution is 5.92. The molecule has 1 heterocycles. The van der Waals surface area contributed by atoms with E-state index in [-0.39, 0.29) is 11.7 Å². The number of amides is 1. The van der Waals surface area contributed by atoms with Gasteiger partial charge in [0.2, 0.25) is 0 Å². The molecule has 1 amide bonds. The Balaban J connectivity index is 2.11. The van der Waals surface area contributed by atoms with Gasteiger partial charge in [-0.05, 0) is 37.5 Å². The predicted molar refractivity (Wildman–Crippen MR) is 97.1 cm³/mol. The average Bonchev–Trinajstić information content (AvgIpc) is 2.60.